The summed E-state index contributed by atoms with van der Waals surface area (Å²) in [7, 11) is 0.292. The van der Waals surface area contributed by atoms with E-state index < -0.39 is 72.5 Å². The van der Waals surface area contributed by atoms with Crippen molar-refractivity contribution in [2.24, 2.45) is 0 Å². The quantitative estimate of drug-likeness (QED) is 0.261. The van der Waals surface area contributed by atoms with E-state index in [2.05, 4.69) is 4.74 Å². The summed E-state index contributed by atoms with van der Waals surface area (Å²) in [5, 5.41) is 0. The highest BCUT2D eigenvalue weighted by atomic mass is 19.4. The van der Waals surface area contributed by atoms with E-state index in [-0.39, 0.29) is 0 Å². The van der Waals surface area contributed by atoms with Crippen molar-refractivity contribution in [1.29, 1.82) is 0 Å². The lowest BCUT2D eigenvalue weighted by Gasteiger charge is -2.47. The van der Waals surface area contributed by atoms with Crippen molar-refractivity contribution in [3.8, 4) is 0 Å². The predicted molar refractivity (Wildman–Crippen MR) is 67.1 cm³/mol. The number of ether oxygens (including phenoxy) is 1. The SMILES string of the molecule is COCCC(F)(F)C(F)(C(F)(F)F)C(F)(F)C(F)(F)C(F)(F)C(F)(F)C(F)(C(F)(F)F)C(F)(F)F. The van der Waals surface area contributed by atoms with Gasteiger partial charge in [-0.2, -0.15) is 74.6 Å². The van der Waals surface area contributed by atoms with Gasteiger partial charge >= 0.3 is 53.6 Å². The third kappa shape index (κ3) is 4.23. The van der Waals surface area contributed by atoms with Crippen molar-refractivity contribution in [2.75, 3.05) is 13.7 Å². The Bertz CT molecular complexity index is 728. The van der Waals surface area contributed by atoms with Gasteiger partial charge < -0.3 is 4.74 Å². The predicted octanol–water partition coefficient (Wildman–Crippen LogP) is 7.30. The Morgan fingerprint density at radius 1 is 0.400 bits per heavy atom. The molecule has 0 saturated carbocycles. The molecular formula is C13H7F21O. The van der Waals surface area contributed by atoms with Crippen molar-refractivity contribution in [1.82, 2.24) is 0 Å². The minimum absolute atomic E-state index is 0.292. The van der Waals surface area contributed by atoms with E-state index in [1.165, 1.54) is 0 Å². The van der Waals surface area contributed by atoms with Gasteiger partial charge in [0.2, 0.25) is 0 Å². The second-order valence-corrected chi connectivity index (χ2v) is 6.56. The zero-order valence-corrected chi connectivity index (χ0v) is 15.8. The number of rotatable bonds is 9. The molecule has 0 aliphatic heterocycles. The van der Waals surface area contributed by atoms with Crippen LogP contribution < -0.4 is 0 Å². The molecule has 0 N–H and O–H groups in total. The van der Waals surface area contributed by atoms with E-state index in [9.17, 15) is 92.2 Å². The molecule has 0 aromatic heterocycles. The van der Waals surface area contributed by atoms with Crippen LogP contribution in [0, 0.1) is 0 Å². The van der Waals surface area contributed by atoms with Crippen LogP contribution in [0.3, 0.4) is 0 Å². The first-order valence-corrected chi connectivity index (χ1v) is 7.77. The Labute approximate surface area is 178 Å². The van der Waals surface area contributed by atoms with Crippen LogP contribution in [-0.4, -0.2) is 73.2 Å². The van der Waals surface area contributed by atoms with Gasteiger partial charge in [-0.05, 0) is 0 Å². The van der Waals surface area contributed by atoms with Gasteiger partial charge in [0.15, 0.2) is 0 Å². The molecule has 0 heterocycles. The minimum atomic E-state index is -9.27. The molecule has 0 aromatic rings. The van der Waals surface area contributed by atoms with Crippen LogP contribution >= 0.6 is 0 Å². The minimum Gasteiger partial charge on any atom is -0.384 e. The third-order valence-corrected chi connectivity index (χ3v) is 4.34. The first-order chi connectivity index (χ1) is 14.8. The summed E-state index contributed by atoms with van der Waals surface area (Å²) in [6.07, 6.45) is -28.0. The molecule has 0 fully saturated rings. The number of halogens is 21. The molecule has 0 aliphatic rings. The molecule has 1 nitrogen and oxygen atoms in total. The lowest BCUT2D eigenvalue weighted by atomic mass is 9.78. The lowest BCUT2D eigenvalue weighted by molar-refractivity contribution is -0.477. The highest BCUT2D eigenvalue weighted by molar-refractivity contribution is 5.22. The summed E-state index contributed by atoms with van der Waals surface area (Å²) < 4.78 is 280. The molecule has 0 amide bonds. The number of methoxy groups -OCH3 is 1. The third-order valence-electron chi connectivity index (χ3n) is 4.34. The summed E-state index contributed by atoms with van der Waals surface area (Å²) in [5.41, 5.74) is -17.3. The standard InChI is InChI=1S/C13H7F21O/c1-35-3-2-4(14,15)5(16,11(26,27)28)7(18,19)9(22,23)10(24,25)8(20,21)6(17,12(29,30)31)13(32,33)34/h2-3H2,1H3. The van der Waals surface area contributed by atoms with E-state index in [0.717, 1.165) is 0 Å². The van der Waals surface area contributed by atoms with Crippen molar-refractivity contribution in [2.45, 2.75) is 65.9 Å². The van der Waals surface area contributed by atoms with Gasteiger partial charge in [0, 0.05) is 13.5 Å². The first-order valence-electron chi connectivity index (χ1n) is 7.77. The highest BCUT2D eigenvalue weighted by Crippen LogP contribution is 2.68. The topological polar surface area (TPSA) is 9.23 Å². The van der Waals surface area contributed by atoms with Crippen LogP contribution in [0.1, 0.15) is 6.42 Å². The van der Waals surface area contributed by atoms with E-state index in [4.69, 9.17) is 0 Å². The molecule has 0 radical (unpaired) electrons. The van der Waals surface area contributed by atoms with Crippen LogP contribution in [0.15, 0.2) is 0 Å². The zero-order valence-electron chi connectivity index (χ0n) is 15.8. The number of hydrogen-bond donors (Lipinski definition) is 0. The van der Waals surface area contributed by atoms with Gasteiger partial charge in [0.05, 0.1) is 6.61 Å². The van der Waals surface area contributed by atoms with E-state index in [0.29, 0.717) is 7.11 Å². The van der Waals surface area contributed by atoms with Gasteiger partial charge in [-0.15, -0.1) is 0 Å². The lowest BCUT2D eigenvalue weighted by Crippen LogP contribution is -2.80. The fraction of sp³-hybridized carbons (Fsp3) is 1.00. The molecule has 0 rings (SSSR count). The summed E-state index contributed by atoms with van der Waals surface area (Å²) in [6.45, 7) is -1.96. The van der Waals surface area contributed by atoms with Gasteiger partial charge in [-0.3, -0.25) is 0 Å². The van der Waals surface area contributed by atoms with Crippen LogP contribution in [-0.2, 0) is 4.74 Å². The Hall–Kier alpha value is -1.51. The van der Waals surface area contributed by atoms with Gasteiger partial charge in [-0.1, -0.05) is 0 Å². The monoisotopic (exact) mass is 578 g/mol. The highest BCUT2D eigenvalue weighted by Gasteiger charge is 2.99. The number of alkyl halides is 21. The first kappa shape index (κ1) is 33.5. The maximum absolute atomic E-state index is 14.1. The zero-order chi connectivity index (χ0) is 29.1. The Morgan fingerprint density at radius 2 is 0.657 bits per heavy atom. The molecule has 0 bridgehead atoms. The van der Waals surface area contributed by atoms with Gasteiger partial charge in [-0.25, -0.2) is 17.6 Å². The van der Waals surface area contributed by atoms with Gasteiger partial charge in [0.1, 0.15) is 0 Å². The summed E-state index contributed by atoms with van der Waals surface area (Å²) in [6, 6.07) is 0. The normalized spacial score (nSPS) is 18.0. The second kappa shape index (κ2) is 8.52. The van der Waals surface area contributed by atoms with Crippen LogP contribution in [0.4, 0.5) is 92.2 Å². The molecule has 0 aliphatic carbocycles. The molecule has 35 heavy (non-hydrogen) atoms. The Kier molecular flexibility index (Phi) is 8.15. The van der Waals surface area contributed by atoms with Gasteiger partial charge in [0.25, 0.3) is 5.92 Å². The Morgan fingerprint density at radius 3 is 0.886 bits per heavy atom. The average molecular weight is 578 g/mol. The molecular weight excluding hydrogens is 571 g/mol. The average Bonchev–Trinajstić information content (AvgIpc) is 2.61. The molecule has 0 spiro atoms. The van der Waals surface area contributed by atoms with Crippen molar-refractivity contribution in [3.63, 3.8) is 0 Å². The van der Waals surface area contributed by atoms with E-state index >= 15 is 0 Å². The second-order valence-electron chi connectivity index (χ2n) is 6.56. The molecule has 1 atom stereocenters. The van der Waals surface area contributed by atoms with Crippen molar-refractivity contribution >= 4 is 0 Å². The fourth-order valence-electron chi connectivity index (χ4n) is 2.36. The molecule has 212 valence electrons. The molecule has 0 aromatic carbocycles. The fourth-order valence-corrected chi connectivity index (χ4v) is 2.36. The van der Waals surface area contributed by atoms with E-state index in [1.54, 1.807) is 0 Å². The molecule has 0 saturated heterocycles. The summed E-state index contributed by atoms with van der Waals surface area (Å²) >= 11 is 0. The Balaban J connectivity index is 7.44. The number of hydrogen-bond acceptors (Lipinski definition) is 1. The molecule has 22 heteroatoms. The summed E-state index contributed by atoms with van der Waals surface area (Å²) in [4.78, 5) is 0. The maximum atomic E-state index is 14.1. The van der Waals surface area contributed by atoms with E-state index in [1.807, 2.05) is 0 Å². The summed E-state index contributed by atoms with van der Waals surface area (Å²) in [5.74, 6) is -43.7. The maximum Gasteiger partial charge on any atom is 0.438 e. The van der Waals surface area contributed by atoms with Crippen molar-refractivity contribution in [3.05, 3.63) is 0 Å². The van der Waals surface area contributed by atoms with Crippen LogP contribution in [0.2, 0.25) is 0 Å². The van der Waals surface area contributed by atoms with Crippen LogP contribution in [0.25, 0.3) is 0 Å². The largest absolute Gasteiger partial charge is 0.438 e. The van der Waals surface area contributed by atoms with Crippen molar-refractivity contribution < 1.29 is 96.9 Å². The van der Waals surface area contributed by atoms with Crippen LogP contribution in [0.5, 0.6) is 0 Å². The smallest absolute Gasteiger partial charge is 0.384 e. The molecule has 1 unspecified atom stereocenters.